The first kappa shape index (κ1) is 20.0. The molecule has 0 radical (unpaired) electrons. The van der Waals surface area contributed by atoms with Gasteiger partial charge in [0.15, 0.2) is 22.4 Å². The predicted molar refractivity (Wildman–Crippen MR) is 113 cm³/mol. The molecular weight excluding hydrogens is 408 g/mol. The number of nitrogens with zero attached hydrogens (tertiary/aromatic N) is 2. The van der Waals surface area contributed by atoms with E-state index in [-0.39, 0.29) is 22.5 Å². The van der Waals surface area contributed by atoms with Gasteiger partial charge in [0.05, 0.1) is 37.1 Å². The van der Waals surface area contributed by atoms with Crippen LogP contribution >= 0.6 is 11.3 Å². The maximum Gasteiger partial charge on any atom is 0.289 e. The van der Waals surface area contributed by atoms with Gasteiger partial charge in [-0.2, -0.15) is 0 Å². The first-order valence-corrected chi connectivity index (χ1v) is 10.1. The number of fused-ring (bicyclic) bond motifs is 2. The molecule has 0 aliphatic rings. The molecule has 0 fully saturated rings. The minimum Gasteiger partial charge on any atom is -0.495 e. The van der Waals surface area contributed by atoms with Crippen LogP contribution in [0.15, 0.2) is 37.5 Å². The van der Waals surface area contributed by atoms with Crippen LogP contribution in [0.2, 0.25) is 0 Å². The average molecular weight is 428 g/mol. The van der Waals surface area contributed by atoms with Crippen molar-refractivity contribution in [3.63, 3.8) is 0 Å². The van der Waals surface area contributed by atoms with Gasteiger partial charge in [-0.05, 0) is 13.0 Å². The molecule has 0 atom stereocenters. The molecule has 0 aliphatic heterocycles. The zero-order valence-corrected chi connectivity index (χ0v) is 17.8. The number of carbonyl (C=O) groups is 1. The molecule has 0 N–H and O–H groups in total. The van der Waals surface area contributed by atoms with Crippen molar-refractivity contribution in [3.8, 4) is 11.5 Å². The number of likely N-dealkylation sites (N-methyl/N-ethyl adjacent to an activating group) is 1. The number of thiazole rings is 1. The van der Waals surface area contributed by atoms with Crippen molar-refractivity contribution in [1.82, 2.24) is 9.88 Å². The van der Waals surface area contributed by atoms with E-state index in [1.807, 2.05) is 6.92 Å². The molecule has 0 saturated heterocycles. The third kappa shape index (κ3) is 3.21. The average Bonchev–Trinajstić information content (AvgIpc) is 3.38. The van der Waals surface area contributed by atoms with E-state index in [0.717, 1.165) is 10.6 Å². The van der Waals surface area contributed by atoms with Crippen LogP contribution in [0.3, 0.4) is 0 Å². The number of amides is 1. The van der Waals surface area contributed by atoms with Crippen molar-refractivity contribution in [1.29, 1.82) is 0 Å². The minimum atomic E-state index is -0.406. The Labute approximate surface area is 175 Å². The fourth-order valence-electron chi connectivity index (χ4n) is 3.40. The number of methoxy groups -OCH3 is 2. The highest BCUT2D eigenvalue weighted by Gasteiger charge is 2.25. The van der Waals surface area contributed by atoms with Gasteiger partial charge in [-0.3, -0.25) is 9.59 Å². The molecule has 3 heterocycles. The summed E-state index contributed by atoms with van der Waals surface area (Å²) in [6.07, 6.45) is 2.14. The Morgan fingerprint density at radius 1 is 1.23 bits per heavy atom. The van der Waals surface area contributed by atoms with Gasteiger partial charge in [-0.15, -0.1) is 11.3 Å². The highest BCUT2D eigenvalue weighted by Crippen LogP contribution is 2.42. The number of benzene rings is 1. The number of aromatic nitrogens is 1. The van der Waals surface area contributed by atoms with E-state index in [1.54, 1.807) is 30.0 Å². The van der Waals surface area contributed by atoms with Crippen molar-refractivity contribution in [2.45, 2.75) is 13.3 Å². The Hall–Kier alpha value is -3.33. The van der Waals surface area contributed by atoms with Gasteiger partial charge < -0.3 is 23.2 Å². The van der Waals surface area contributed by atoms with Gasteiger partial charge in [0, 0.05) is 31.0 Å². The molecule has 4 aromatic rings. The van der Waals surface area contributed by atoms with Gasteiger partial charge in [-0.25, -0.2) is 4.98 Å². The van der Waals surface area contributed by atoms with Crippen LogP contribution in [0.1, 0.15) is 21.1 Å². The van der Waals surface area contributed by atoms with Gasteiger partial charge in [0.2, 0.25) is 5.75 Å². The molecule has 0 saturated carbocycles. The van der Waals surface area contributed by atoms with E-state index in [1.165, 1.54) is 31.4 Å². The lowest BCUT2D eigenvalue weighted by molar-refractivity contribution is 0.0765. The van der Waals surface area contributed by atoms with E-state index >= 15 is 0 Å². The molecule has 4 rings (SSSR count). The Morgan fingerprint density at radius 2 is 2.00 bits per heavy atom. The van der Waals surface area contributed by atoms with E-state index in [2.05, 4.69) is 4.98 Å². The summed E-state index contributed by atoms with van der Waals surface area (Å²) in [7, 11) is 4.57. The standard InChI is InChI=1S/C21H20N2O6S/c1-11-15(30-10-22-11)5-7-23(2)21(25)14-9-13(24)16-17(26-3)12-6-8-28-18(12)20(27-4)19(16)29-14/h6,8-10H,5,7H2,1-4H3. The molecule has 1 aromatic carbocycles. The predicted octanol–water partition coefficient (Wildman–Crippen LogP) is 3.64. The summed E-state index contributed by atoms with van der Waals surface area (Å²) >= 11 is 1.55. The number of rotatable bonds is 6. The second-order valence-corrected chi connectivity index (χ2v) is 7.69. The Bertz CT molecular complexity index is 1300. The third-order valence-corrected chi connectivity index (χ3v) is 5.98. The van der Waals surface area contributed by atoms with E-state index in [4.69, 9.17) is 18.3 Å². The van der Waals surface area contributed by atoms with Crippen molar-refractivity contribution in [3.05, 3.63) is 50.5 Å². The lowest BCUT2D eigenvalue weighted by atomic mass is 10.1. The molecule has 0 aliphatic carbocycles. The normalized spacial score (nSPS) is 11.2. The van der Waals surface area contributed by atoms with Crippen LogP contribution in [-0.2, 0) is 6.42 Å². The molecule has 9 heteroatoms. The number of carbonyl (C=O) groups excluding carboxylic acids is 1. The van der Waals surface area contributed by atoms with E-state index in [9.17, 15) is 9.59 Å². The molecule has 0 spiro atoms. The van der Waals surface area contributed by atoms with Crippen LogP contribution < -0.4 is 14.9 Å². The lowest BCUT2D eigenvalue weighted by Crippen LogP contribution is -2.29. The SMILES string of the molecule is COc1c2occc2c(OC)c2c(=O)cc(C(=O)N(C)CCc3scnc3C)oc12. The molecule has 30 heavy (non-hydrogen) atoms. The van der Waals surface area contributed by atoms with Crippen molar-refractivity contribution >= 4 is 39.2 Å². The highest BCUT2D eigenvalue weighted by molar-refractivity contribution is 7.09. The highest BCUT2D eigenvalue weighted by atomic mass is 32.1. The van der Waals surface area contributed by atoms with E-state index < -0.39 is 11.3 Å². The fourth-order valence-corrected chi connectivity index (χ4v) is 4.17. The number of furan rings is 1. The first-order chi connectivity index (χ1) is 14.5. The summed E-state index contributed by atoms with van der Waals surface area (Å²) < 4.78 is 22.3. The quantitative estimate of drug-likeness (QED) is 0.463. The maximum absolute atomic E-state index is 12.9. The zero-order valence-electron chi connectivity index (χ0n) is 17.0. The Kier molecular flexibility index (Phi) is 5.21. The van der Waals surface area contributed by atoms with Crippen LogP contribution in [0, 0.1) is 6.92 Å². The lowest BCUT2D eigenvalue weighted by Gasteiger charge is -2.17. The molecular formula is C21H20N2O6S. The molecule has 8 nitrogen and oxygen atoms in total. The Balaban J connectivity index is 1.76. The maximum atomic E-state index is 12.9. The summed E-state index contributed by atoms with van der Waals surface area (Å²) in [5, 5.41) is 0.785. The largest absolute Gasteiger partial charge is 0.495 e. The smallest absolute Gasteiger partial charge is 0.289 e. The second kappa shape index (κ2) is 7.83. The minimum absolute atomic E-state index is 0.0812. The summed E-state index contributed by atoms with van der Waals surface area (Å²) in [5.41, 5.74) is 2.83. The van der Waals surface area contributed by atoms with Gasteiger partial charge in [-0.1, -0.05) is 0 Å². The van der Waals surface area contributed by atoms with E-state index in [0.29, 0.717) is 29.7 Å². The molecule has 1 amide bonds. The first-order valence-electron chi connectivity index (χ1n) is 9.19. The fraction of sp³-hybridized carbons (Fsp3) is 0.286. The molecule has 3 aromatic heterocycles. The third-order valence-electron chi connectivity index (χ3n) is 4.98. The summed E-state index contributed by atoms with van der Waals surface area (Å²) in [6, 6.07) is 2.87. The monoisotopic (exact) mass is 428 g/mol. The summed E-state index contributed by atoms with van der Waals surface area (Å²) in [4.78, 5) is 32.7. The zero-order chi connectivity index (χ0) is 21.4. The molecule has 0 unspecified atom stereocenters. The van der Waals surface area contributed by atoms with Crippen molar-refractivity contribution in [2.24, 2.45) is 0 Å². The van der Waals surface area contributed by atoms with Gasteiger partial charge >= 0.3 is 0 Å². The Morgan fingerprint density at radius 3 is 2.67 bits per heavy atom. The topological polar surface area (TPSA) is 95.0 Å². The van der Waals surface area contributed by atoms with Crippen LogP contribution in [0.5, 0.6) is 11.5 Å². The summed E-state index contributed by atoms with van der Waals surface area (Å²) in [6.45, 7) is 2.40. The summed E-state index contributed by atoms with van der Waals surface area (Å²) in [5.74, 6) is 0.0656. The second-order valence-electron chi connectivity index (χ2n) is 6.75. The van der Waals surface area contributed by atoms with Crippen LogP contribution in [0.25, 0.3) is 21.9 Å². The van der Waals surface area contributed by atoms with Gasteiger partial charge in [0.25, 0.3) is 5.91 Å². The van der Waals surface area contributed by atoms with Crippen LogP contribution in [-0.4, -0.2) is 43.6 Å². The molecule has 156 valence electrons. The van der Waals surface area contributed by atoms with Crippen molar-refractivity contribution < 1.29 is 23.1 Å². The number of hydrogen-bond donors (Lipinski definition) is 0. The van der Waals surface area contributed by atoms with Crippen molar-refractivity contribution in [2.75, 3.05) is 27.8 Å². The number of aryl methyl sites for hydroxylation is 1. The van der Waals surface area contributed by atoms with Gasteiger partial charge in [0.1, 0.15) is 11.1 Å². The molecule has 0 bridgehead atoms. The van der Waals surface area contributed by atoms with Crippen LogP contribution in [0.4, 0.5) is 0 Å². The number of ether oxygens (including phenoxy) is 2. The number of hydrogen-bond acceptors (Lipinski definition) is 8.